The highest BCUT2D eigenvalue weighted by molar-refractivity contribution is 9.10. The third kappa shape index (κ3) is 2.33. The molecule has 0 bridgehead atoms. The van der Waals surface area contributed by atoms with Gasteiger partial charge in [-0.1, -0.05) is 12.1 Å². The molecule has 0 radical (unpaired) electrons. The number of hydrogen-bond acceptors (Lipinski definition) is 2. The molecule has 118 valence electrons. The van der Waals surface area contributed by atoms with Gasteiger partial charge in [0.1, 0.15) is 5.56 Å². The van der Waals surface area contributed by atoms with Crippen LogP contribution in [0.15, 0.2) is 40.9 Å². The average Bonchev–Trinajstić information content (AvgIpc) is 2.73. The zero-order chi connectivity index (χ0) is 16.9. The molecule has 8 heteroatoms. The Balaban J connectivity index is 2.24. The fraction of sp³-hybridized carbons (Fsp3) is 0.0667. The molecule has 0 fully saturated rings. The molecule has 2 aromatic rings. The van der Waals surface area contributed by atoms with Crippen molar-refractivity contribution in [3.8, 4) is 0 Å². The van der Waals surface area contributed by atoms with Gasteiger partial charge in [-0.15, -0.1) is 0 Å². The van der Waals surface area contributed by atoms with Crippen molar-refractivity contribution >= 4 is 33.4 Å². The van der Waals surface area contributed by atoms with Crippen LogP contribution in [0.25, 0.3) is 0 Å². The van der Waals surface area contributed by atoms with Gasteiger partial charge >= 0.3 is 6.18 Å². The molecule has 0 spiro atoms. The standard InChI is InChI=1S/C15H6BrF4NO2/c16-9-5-6-10(11(12(9)17)15(18,19)20)21-13(22)7-3-1-2-4-8(7)14(21)23/h1-6H. The van der Waals surface area contributed by atoms with E-state index in [0.29, 0.717) is 4.90 Å². The highest BCUT2D eigenvalue weighted by atomic mass is 79.9. The molecule has 0 saturated heterocycles. The summed E-state index contributed by atoms with van der Waals surface area (Å²) in [6.07, 6.45) is -5.07. The molecule has 0 N–H and O–H groups in total. The summed E-state index contributed by atoms with van der Waals surface area (Å²) >= 11 is 2.68. The smallest absolute Gasteiger partial charge is 0.268 e. The van der Waals surface area contributed by atoms with Crippen molar-refractivity contribution in [2.45, 2.75) is 6.18 Å². The molecule has 0 saturated carbocycles. The molecule has 2 aromatic carbocycles. The van der Waals surface area contributed by atoms with Crippen LogP contribution in [0, 0.1) is 5.82 Å². The Kier molecular flexibility index (Phi) is 3.51. The van der Waals surface area contributed by atoms with Crippen LogP contribution in [0.3, 0.4) is 0 Å². The minimum absolute atomic E-state index is 0.0195. The molecule has 23 heavy (non-hydrogen) atoms. The van der Waals surface area contributed by atoms with Gasteiger partial charge in [0.25, 0.3) is 11.8 Å². The number of nitrogens with zero attached hydrogens (tertiary/aromatic N) is 1. The van der Waals surface area contributed by atoms with Crippen LogP contribution >= 0.6 is 15.9 Å². The molecule has 0 atom stereocenters. The van der Waals surface area contributed by atoms with Crippen LogP contribution in [-0.4, -0.2) is 11.8 Å². The van der Waals surface area contributed by atoms with E-state index in [0.717, 1.165) is 12.1 Å². The molecule has 3 rings (SSSR count). The second kappa shape index (κ2) is 5.16. The fourth-order valence-electron chi connectivity index (χ4n) is 2.40. The van der Waals surface area contributed by atoms with Gasteiger partial charge in [-0.3, -0.25) is 9.59 Å². The highest BCUT2D eigenvalue weighted by Crippen LogP contribution is 2.42. The summed E-state index contributed by atoms with van der Waals surface area (Å²) in [5.41, 5.74) is -2.53. The summed E-state index contributed by atoms with van der Waals surface area (Å²) in [5.74, 6) is -3.41. The third-order valence-electron chi connectivity index (χ3n) is 3.39. The van der Waals surface area contributed by atoms with Gasteiger partial charge < -0.3 is 0 Å². The predicted molar refractivity (Wildman–Crippen MR) is 76.7 cm³/mol. The molecule has 2 amide bonds. The zero-order valence-electron chi connectivity index (χ0n) is 11.1. The summed E-state index contributed by atoms with van der Waals surface area (Å²) < 4.78 is 53.2. The molecule has 0 aromatic heterocycles. The summed E-state index contributed by atoms with van der Waals surface area (Å²) in [5, 5.41) is 0. The number of benzene rings is 2. The van der Waals surface area contributed by atoms with Gasteiger partial charge in [-0.2, -0.15) is 13.2 Å². The second-order valence-corrected chi connectivity index (χ2v) is 5.60. The van der Waals surface area contributed by atoms with Gasteiger partial charge in [-0.05, 0) is 40.2 Å². The number of carbonyl (C=O) groups excluding carboxylic acids is 2. The quantitative estimate of drug-likeness (QED) is 0.536. The fourth-order valence-corrected chi connectivity index (χ4v) is 2.73. The van der Waals surface area contributed by atoms with Crippen molar-refractivity contribution in [3.05, 3.63) is 63.4 Å². The van der Waals surface area contributed by atoms with Gasteiger partial charge in [-0.25, -0.2) is 9.29 Å². The monoisotopic (exact) mass is 387 g/mol. The van der Waals surface area contributed by atoms with Gasteiger partial charge in [0.15, 0.2) is 5.82 Å². The second-order valence-electron chi connectivity index (χ2n) is 4.74. The number of hydrogen-bond donors (Lipinski definition) is 0. The number of carbonyl (C=O) groups is 2. The van der Waals surface area contributed by atoms with E-state index in [-0.39, 0.29) is 11.1 Å². The summed E-state index contributed by atoms with van der Waals surface area (Å²) in [7, 11) is 0. The maximum atomic E-state index is 14.0. The maximum absolute atomic E-state index is 14.0. The first-order valence-corrected chi connectivity index (χ1v) is 7.06. The SMILES string of the molecule is O=C1c2ccccc2C(=O)N1c1ccc(Br)c(F)c1C(F)(F)F. The van der Waals surface area contributed by atoms with Crippen molar-refractivity contribution < 1.29 is 27.2 Å². The number of amides is 2. The number of imide groups is 1. The topological polar surface area (TPSA) is 37.4 Å². The Morgan fingerprint density at radius 3 is 1.91 bits per heavy atom. The average molecular weight is 388 g/mol. The minimum atomic E-state index is -5.07. The molecular formula is C15H6BrF4NO2. The number of rotatable bonds is 1. The largest absolute Gasteiger partial charge is 0.421 e. The molecular weight excluding hydrogens is 382 g/mol. The van der Waals surface area contributed by atoms with Crippen LogP contribution in [-0.2, 0) is 6.18 Å². The predicted octanol–water partition coefficient (Wildman–Crippen LogP) is 4.41. The van der Waals surface area contributed by atoms with Crippen molar-refractivity contribution in [2.24, 2.45) is 0 Å². The Morgan fingerprint density at radius 1 is 0.913 bits per heavy atom. The molecule has 1 aliphatic rings. The van der Waals surface area contributed by atoms with Crippen molar-refractivity contribution in [1.29, 1.82) is 0 Å². The molecule has 3 nitrogen and oxygen atoms in total. The maximum Gasteiger partial charge on any atom is 0.421 e. The Hall–Kier alpha value is -2.22. The van der Waals surface area contributed by atoms with Crippen LogP contribution in [0.1, 0.15) is 26.3 Å². The van der Waals surface area contributed by atoms with E-state index in [1.54, 1.807) is 0 Å². The van der Waals surface area contributed by atoms with Crippen LogP contribution in [0.4, 0.5) is 23.2 Å². The van der Waals surface area contributed by atoms with Crippen LogP contribution < -0.4 is 4.90 Å². The van der Waals surface area contributed by atoms with Gasteiger partial charge in [0.2, 0.25) is 0 Å². The zero-order valence-corrected chi connectivity index (χ0v) is 12.7. The van der Waals surface area contributed by atoms with Gasteiger partial charge in [0.05, 0.1) is 21.3 Å². The molecule has 0 unspecified atom stereocenters. The van der Waals surface area contributed by atoms with Crippen molar-refractivity contribution in [2.75, 3.05) is 4.90 Å². The number of alkyl halides is 3. The van der Waals surface area contributed by atoms with Crippen molar-refractivity contribution in [1.82, 2.24) is 0 Å². The lowest BCUT2D eigenvalue weighted by molar-refractivity contribution is -0.139. The summed E-state index contributed by atoms with van der Waals surface area (Å²) in [6.45, 7) is 0. The number of halogens is 5. The van der Waals surface area contributed by atoms with E-state index in [4.69, 9.17) is 0 Å². The molecule has 0 aliphatic carbocycles. The minimum Gasteiger partial charge on any atom is -0.268 e. The Labute approximate surface area is 135 Å². The number of fused-ring (bicyclic) bond motifs is 1. The van der Waals surface area contributed by atoms with Gasteiger partial charge in [0, 0.05) is 0 Å². The van der Waals surface area contributed by atoms with Crippen LogP contribution in [0.2, 0.25) is 0 Å². The van der Waals surface area contributed by atoms with Crippen molar-refractivity contribution in [3.63, 3.8) is 0 Å². The molecule has 1 heterocycles. The Bertz CT molecular complexity index is 813. The molecule has 1 aliphatic heterocycles. The Morgan fingerprint density at radius 2 is 1.43 bits per heavy atom. The van der Waals surface area contributed by atoms with E-state index in [9.17, 15) is 27.2 Å². The van der Waals surface area contributed by atoms with E-state index in [2.05, 4.69) is 15.9 Å². The lowest BCUT2D eigenvalue weighted by atomic mass is 10.1. The van der Waals surface area contributed by atoms with E-state index in [1.165, 1.54) is 24.3 Å². The normalized spacial score (nSPS) is 14.4. The number of anilines is 1. The third-order valence-corrected chi connectivity index (χ3v) is 4.00. The first kappa shape index (κ1) is 15.7. The highest BCUT2D eigenvalue weighted by Gasteiger charge is 2.44. The lowest BCUT2D eigenvalue weighted by Crippen LogP contribution is -2.32. The summed E-state index contributed by atoms with van der Waals surface area (Å²) in [4.78, 5) is 24.9. The summed E-state index contributed by atoms with van der Waals surface area (Å²) in [6, 6.07) is 7.54. The lowest BCUT2D eigenvalue weighted by Gasteiger charge is -2.20. The van der Waals surface area contributed by atoms with Crippen LogP contribution in [0.5, 0.6) is 0 Å². The first-order chi connectivity index (χ1) is 10.7. The first-order valence-electron chi connectivity index (χ1n) is 6.26. The van der Waals surface area contributed by atoms with E-state index < -0.39 is 39.5 Å². The van der Waals surface area contributed by atoms with E-state index in [1.807, 2.05) is 0 Å². The van der Waals surface area contributed by atoms with E-state index >= 15 is 0 Å².